The minimum Gasteiger partial charge on any atom is -0.356 e. The van der Waals surface area contributed by atoms with Gasteiger partial charge in [0.25, 0.3) is 11.8 Å². The van der Waals surface area contributed by atoms with Crippen LogP contribution in [-0.2, 0) is 11.2 Å². The Morgan fingerprint density at radius 2 is 1.84 bits per heavy atom. The number of halogens is 1. The molecule has 38 heavy (non-hydrogen) atoms. The lowest BCUT2D eigenvalue weighted by Gasteiger charge is -2.36. The summed E-state index contributed by atoms with van der Waals surface area (Å²) in [6, 6.07) is 20.4. The van der Waals surface area contributed by atoms with E-state index in [4.69, 9.17) is 11.6 Å². The van der Waals surface area contributed by atoms with Gasteiger partial charge in [0.05, 0.1) is 11.3 Å². The molecule has 7 nitrogen and oxygen atoms in total. The highest BCUT2D eigenvalue weighted by atomic mass is 35.5. The van der Waals surface area contributed by atoms with Crippen molar-refractivity contribution in [3.8, 4) is 0 Å². The van der Waals surface area contributed by atoms with Crippen LogP contribution < -0.4 is 10.2 Å². The number of amides is 4. The number of rotatable bonds is 6. The summed E-state index contributed by atoms with van der Waals surface area (Å²) >= 11 is 6.37. The number of anilines is 1. The molecule has 0 spiro atoms. The third-order valence-corrected chi connectivity index (χ3v) is 7.65. The predicted octanol–water partition coefficient (Wildman–Crippen LogP) is 5.83. The van der Waals surface area contributed by atoms with Crippen LogP contribution in [0.25, 0.3) is 10.9 Å². The summed E-state index contributed by atoms with van der Waals surface area (Å²) in [6.07, 6.45) is 2.17. The van der Waals surface area contributed by atoms with Crippen molar-refractivity contribution in [2.24, 2.45) is 0 Å². The SMILES string of the molecule is CCCCNC(=O)c1ccccc1N1C(=O)[C@@H]2Cc3c([nH]c4ccccc34)C(c3cccc(Cl)c3)N2C1=O. The normalized spacial score (nSPS) is 18.6. The van der Waals surface area contributed by atoms with Gasteiger partial charge in [0.2, 0.25) is 0 Å². The zero-order chi connectivity index (χ0) is 26.4. The number of benzene rings is 3. The number of H-pyrrole nitrogens is 1. The smallest absolute Gasteiger partial charge is 0.332 e. The van der Waals surface area contributed by atoms with Crippen molar-refractivity contribution < 1.29 is 14.4 Å². The van der Waals surface area contributed by atoms with Gasteiger partial charge in [0, 0.05) is 34.6 Å². The first-order valence-electron chi connectivity index (χ1n) is 12.9. The van der Waals surface area contributed by atoms with E-state index in [1.54, 1.807) is 35.2 Å². The topological polar surface area (TPSA) is 85.5 Å². The molecule has 2 aliphatic rings. The maximum atomic E-state index is 14.1. The van der Waals surface area contributed by atoms with Crippen molar-refractivity contribution in [1.29, 1.82) is 0 Å². The summed E-state index contributed by atoms with van der Waals surface area (Å²) in [5.74, 6) is -0.645. The van der Waals surface area contributed by atoms with E-state index in [-0.39, 0.29) is 11.8 Å². The van der Waals surface area contributed by atoms with E-state index in [2.05, 4.69) is 10.3 Å². The van der Waals surface area contributed by atoms with Crippen LogP contribution >= 0.6 is 11.6 Å². The van der Waals surface area contributed by atoms with Gasteiger partial charge in [-0.3, -0.25) is 14.5 Å². The van der Waals surface area contributed by atoms with Gasteiger partial charge in [-0.2, -0.15) is 0 Å². The number of aromatic nitrogens is 1. The van der Waals surface area contributed by atoms with E-state index >= 15 is 0 Å². The molecular formula is C30H27ClN4O3. The second-order valence-electron chi connectivity index (χ2n) is 9.73. The number of fused-ring (bicyclic) bond motifs is 4. The Bertz CT molecular complexity index is 1580. The molecule has 1 aromatic heterocycles. The van der Waals surface area contributed by atoms with Crippen molar-refractivity contribution >= 4 is 46.0 Å². The number of hydrogen-bond acceptors (Lipinski definition) is 3. The second-order valence-corrected chi connectivity index (χ2v) is 10.2. The summed E-state index contributed by atoms with van der Waals surface area (Å²) in [5, 5.41) is 4.48. The number of carbonyl (C=O) groups is 3. The van der Waals surface area contributed by atoms with Crippen LogP contribution in [-0.4, -0.2) is 40.3 Å². The van der Waals surface area contributed by atoms with Crippen LogP contribution in [0.3, 0.4) is 0 Å². The fourth-order valence-electron chi connectivity index (χ4n) is 5.65. The van der Waals surface area contributed by atoms with E-state index in [9.17, 15) is 14.4 Å². The molecule has 8 heteroatoms. The number of imide groups is 1. The van der Waals surface area contributed by atoms with Crippen LogP contribution in [0.2, 0.25) is 5.02 Å². The molecule has 0 bridgehead atoms. The minimum atomic E-state index is -0.714. The van der Waals surface area contributed by atoms with Crippen LogP contribution in [0.15, 0.2) is 72.8 Å². The lowest BCUT2D eigenvalue weighted by molar-refractivity contribution is -0.120. The van der Waals surface area contributed by atoms with E-state index < -0.39 is 18.1 Å². The Hall–Kier alpha value is -4.10. The molecule has 2 atom stereocenters. The number of para-hydroxylation sites is 2. The molecule has 1 fully saturated rings. The number of urea groups is 1. The van der Waals surface area contributed by atoms with Gasteiger partial charge >= 0.3 is 6.03 Å². The first kappa shape index (κ1) is 24.2. The van der Waals surface area contributed by atoms with Crippen LogP contribution in [0.1, 0.15) is 53.0 Å². The van der Waals surface area contributed by atoms with Crippen molar-refractivity contribution in [2.75, 3.05) is 11.4 Å². The minimum absolute atomic E-state index is 0.296. The quantitative estimate of drug-likeness (QED) is 0.245. The number of hydrogen-bond donors (Lipinski definition) is 2. The highest BCUT2D eigenvalue weighted by molar-refractivity contribution is 6.30. The Morgan fingerprint density at radius 3 is 2.66 bits per heavy atom. The highest BCUT2D eigenvalue weighted by Gasteiger charge is 2.53. The van der Waals surface area contributed by atoms with Gasteiger partial charge in [-0.25, -0.2) is 9.69 Å². The second kappa shape index (κ2) is 9.65. The summed E-state index contributed by atoms with van der Waals surface area (Å²) in [4.78, 5) is 47.5. The fourth-order valence-corrected chi connectivity index (χ4v) is 5.85. The Kier molecular flexibility index (Phi) is 6.16. The van der Waals surface area contributed by atoms with Gasteiger partial charge in [-0.05, 0) is 47.9 Å². The monoisotopic (exact) mass is 526 g/mol. The molecule has 0 radical (unpaired) electrons. The summed E-state index contributed by atoms with van der Waals surface area (Å²) < 4.78 is 0. The van der Waals surface area contributed by atoms with Gasteiger partial charge in [0.1, 0.15) is 12.1 Å². The number of carbonyl (C=O) groups excluding carboxylic acids is 3. The maximum absolute atomic E-state index is 14.1. The Balaban J connectivity index is 1.46. The molecule has 2 aliphatic heterocycles. The standard InChI is InChI=1S/C30H27ClN4O3/c1-2-3-15-32-28(36)21-12-5-7-14-24(21)35-29(37)25-17-22-20-11-4-6-13-23(20)33-26(22)27(34(25)30(35)38)18-9-8-10-19(31)16-18/h4-14,16,25,27,33H,2-3,15,17H2,1H3,(H,32,36)/t25-,27?/m0/s1. The molecule has 1 unspecified atom stereocenters. The molecular weight excluding hydrogens is 500 g/mol. The van der Waals surface area contributed by atoms with E-state index in [0.29, 0.717) is 29.2 Å². The molecule has 3 heterocycles. The molecule has 4 amide bonds. The number of nitrogens with zero attached hydrogens (tertiary/aromatic N) is 2. The highest BCUT2D eigenvalue weighted by Crippen LogP contribution is 2.45. The molecule has 1 saturated heterocycles. The van der Waals surface area contributed by atoms with Crippen LogP contribution in [0, 0.1) is 0 Å². The van der Waals surface area contributed by atoms with Crippen molar-refractivity contribution in [2.45, 2.75) is 38.3 Å². The molecule has 192 valence electrons. The predicted molar refractivity (Wildman–Crippen MR) is 147 cm³/mol. The molecule has 0 saturated carbocycles. The number of nitrogens with one attached hydrogen (secondary N) is 2. The lowest BCUT2D eigenvalue weighted by Crippen LogP contribution is -2.44. The van der Waals surface area contributed by atoms with Crippen molar-refractivity contribution in [3.05, 3.63) is 100 Å². The van der Waals surface area contributed by atoms with Gasteiger partial charge in [-0.15, -0.1) is 0 Å². The zero-order valence-electron chi connectivity index (χ0n) is 20.9. The maximum Gasteiger partial charge on any atom is 0.332 e. The fraction of sp³-hybridized carbons (Fsp3) is 0.233. The lowest BCUT2D eigenvalue weighted by atomic mass is 9.89. The Morgan fingerprint density at radius 1 is 1.05 bits per heavy atom. The van der Waals surface area contributed by atoms with Gasteiger partial charge in [-0.1, -0.05) is 67.4 Å². The third-order valence-electron chi connectivity index (χ3n) is 7.42. The largest absolute Gasteiger partial charge is 0.356 e. The first-order chi connectivity index (χ1) is 18.5. The van der Waals surface area contributed by atoms with Crippen molar-refractivity contribution in [1.82, 2.24) is 15.2 Å². The molecule has 2 N–H and O–H groups in total. The number of aromatic amines is 1. The summed E-state index contributed by atoms with van der Waals surface area (Å²) in [6.45, 7) is 2.58. The van der Waals surface area contributed by atoms with E-state index in [0.717, 1.165) is 40.6 Å². The molecule has 3 aromatic carbocycles. The van der Waals surface area contributed by atoms with E-state index in [1.165, 1.54) is 4.90 Å². The van der Waals surface area contributed by atoms with Crippen molar-refractivity contribution in [3.63, 3.8) is 0 Å². The van der Waals surface area contributed by atoms with Crippen LogP contribution in [0.4, 0.5) is 10.5 Å². The average Bonchev–Trinajstić information content (AvgIpc) is 3.42. The average molecular weight is 527 g/mol. The molecule has 0 aliphatic carbocycles. The van der Waals surface area contributed by atoms with Gasteiger partial charge < -0.3 is 10.3 Å². The van der Waals surface area contributed by atoms with Gasteiger partial charge in [0.15, 0.2) is 0 Å². The van der Waals surface area contributed by atoms with E-state index in [1.807, 2.05) is 49.4 Å². The first-order valence-corrected chi connectivity index (χ1v) is 13.3. The third kappa shape index (κ3) is 3.85. The molecule has 6 rings (SSSR count). The van der Waals surface area contributed by atoms with Crippen LogP contribution in [0.5, 0.6) is 0 Å². The summed E-state index contributed by atoms with van der Waals surface area (Å²) in [7, 11) is 0. The number of unbranched alkanes of at least 4 members (excludes halogenated alkanes) is 1. The Labute approximate surface area is 225 Å². The summed E-state index contributed by atoms with van der Waals surface area (Å²) in [5.41, 5.74) is 4.25. The molecule has 4 aromatic rings. The zero-order valence-corrected chi connectivity index (χ0v) is 21.7.